The fourth-order valence-corrected chi connectivity index (χ4v) is 1.78. The lowest BCUT2D eigenvalue weighted by atomic mass is 10.0. The van der Waals surface area contributed by atoms with E-state index in [0.29, 0.717) is 17.2 Å². The second-order valence-corrected chi connectivity index (χ2v) is 4.16. The molecule has 0 aliphatic rings. The first-order chi connectivity index (χ1) is 8.54. The van der Waals surface area contributed by atoms with Crippen LogP contribution in [0.4, 0.5) is 8.78 Å². The zero-order valence-electron chi connectivity index (χ0n) is 10.0. The van der Waals surface area contributed by atoms with Crippen molar-refractivity contribution in [2.24, 2.45) is 5.73 Å². The van der Waals surface area contributed by atoms with Gasteiger partial charge in [-0.3, -0.25) is 0 Å². The zero-order valence-corrected chi connectivity index (χ0v) is 10.8. The molecular weight excluding hydrogens is 264 g/mol. The third-order valence-corrected chi connectivity index (χ3v) is 2.75. The van der Waals surface area contributed by atoms with Gasteiger partial charge < -0.3 is 15.2 Å². The van der Waals surface area contributed by atoms with Gasteiger partial charge >= 0.3 is 0 Å². The highest BCUT2D eigenvalue weighted by molar-refractivity contribution is 6.31. The minimum absolute atomic E-state index is 0.174. The number of hydrogen-bond acceptors (Lipinski definition) is 3. The van der Waals surface area contributed by atoms with Crippen molar-refractivity contribution < 1.29 is 18.3 Å². The molecule has 1 atom stereocenters. The number of alkyl halides is 2. The molecule has 0 aromatic heterocycles. The average Bonchev–Trinajstić information content (AvgIpc) is 2.33. The molecule has 0 bridgehead atoms. The Bertz CT molecular complexity index is 377. The molecule has 1 unspecified atom stereocenters. The lowest BCUT2D eigenvalue weighted by Crippen LogP contribution is -2.15. The van der Waals surface area contributed by atoms with Gasteiger partial charge in [-0.15, -0.1) is 0 Å². The zero-order chi connectivity index (χ0) is 13.5. The van der Waals surface area contributed by atoms with E-state index in [1.807, 2.05) is 0 Å². The molecule has 102 valence electrons. The van der Waals surface area contributed by atoms with Crippen molar-refractivity contribution in [1.82, 2.24) is 0 Å². The summed E-state index contributed by atoms with van der Waals surface area (Å²) in [4.78, 5) is 0. The molecule has 0 radical (unpaired) electrons. The monoisotopic (exact) mass is 279 g/mol. The van der Waals surface area contributed by atoms with Crippen molar-refractivity contribution in [3.63, 3.8) is 0 Å². The minimum atomic E-state index is -2.45. The third kappa shape index (κ3) is 4.76. The number of nitrogens with two attached hydrogens (primary N) is 1. The molecule has 0 aliphatic carbocycles. The van der Waals surface area contributed by atoms with Gasteiger partial charge in [0.2, 0.25) is 0 Å². The summed E-state index contributed by atoms with van der Waals surface area (Å²) in [7, 11) is 1.55. The van der Waals surface area contributed by atoms with Crippen molar-refractivity contribution in [3.05, 3.63) is 28.8 Å². The second kappa shape index (κ2) is 7.51. The van der Waals surface area contributed by atoms with E-state index in [4.69, 9.17) is 26.8 Å². The Morgan fingerprint density at radius 3 is 2.67 bits per heavy atom. The van der Waals surface area contributed by atoms with E-state index in [1.54, 1.807) is 25.3 Å². The van der Waals surface area contributed by atoms with Gasteiger partial charge in [-0.2, -0.15) is 0 Å². The summed E-state index contributed by atoms with van der Waals surface area (Å²) < 4.78 is 33.5. The van der Waals surface area contributed by atoms with Gasteiger partial charge in [0.05, 0.1) is 7.11 Å². The first-order valence-corrected chi connectivity index (χ1v) is 5.87. The third-order valence-electron chi connectivity index (χ3n) is 2.42. The van der Waals surface area contributed by atoms with E-state index in [1.165, 1.54) is 0 Å². The highest BCUT2D eigenvalue weighted by atomic mass is 35.5. The Morgan fingerprint density at radius 1 is 1.39 bits per heavy atom. The molecule has 0 saturated heterocycles. The fraction of sp³-hybridized carbons (Fsp3) is 0.500. The van der Waals surface area contributed by atoms with Crippen LogP contribution in [0.5, 0.6) is 5.75 Å². The van der Waals surface area contributed by atoms with Crippen molar-refractivity contribution in [2.45, 2.75) is 18.9 Å². The van der Waals surface area contributed by atoms with Gasteiger partial charge in [-0.25, -0.2) is 8.78 Å². The van der Waals surface area contributed by atoms with E-state index < -0.39 is 13.0 Å². The molecule has 1 aromatic rings. The van der Waals surface area contributed by atoms with Crippen molar-refractivity contribution in [3.8, 4) is 5.75 Å². The van der Waals surface area contributed by atoms with Gasteiger partial charge in [0, 0.05) is 17.7 Å². The first-order valence-electron chi connectivity index (χ1n) is 5.49. The van der Waals surface area contributed by atoms with Gasteiger partial charge in [0.25, 0.3) is 6.43 Å². The number of hydrogen-bond donors (Lipinski definition) is 1. The number of methoxy groups -OCH3 is 1. The quantitative estimate of drug-likeness (QED) is 0.780. The first kappa shape index (κ1) is 15.1. The van der Waals surface area contributed by atoms with Crippen LogP contribution in [0.2, 0.25) is 5.02 Å². The smallest absolute Gasteiger partial charge is 0.261 e. The normalized spacial score (nSPS) is 12.8. The standard InChI is InChI=1S/C12H16ClF2NO2/c1-17-8-2-3-9(10(13)6-8)11(16)4-5-18-7-12(14)15/h2-3,6,11-12H,4-5,7,16H2,1H3. The molecule has 1 rings (SSSR count). The Morgan fingerprint density at radius 2 is 2.11 bits per heavy atom. The van der Waals surface area contributed by atoms with E-state index in [9.17, 15) is 8.78 Å². The summed E-state index contributed by atoms with van der Waals surface area (Å²) in [6, 6.07) is 4.83. The Hall–Kier alpha value is -0.910. The topological polar surface area (TPSA) is 44.5 Å². The van der Waals surface area contributed by atoms with Gasteiger partial charge in [-0.05, 0) is 24.1 Å². The summed E-state index contributed by atoms with van der Waals surface area (Å²) >= 11 is 6.05. The van der Waals surface area contributed by atoms with Crippen LogP contribution >= 0.6 is 11.6 Å². The number of ether oxygens (including phenoxy) is 2. The van der Waals surface area contributed by atoms with Gasteiger partial charge in [0.1, 0.15) is 12.4 Å². The Kier molecular flexibility index (Phi) is 6.32. The van der Waals surface area contributed by atoms with Gasteiger partial charge in [-0.1, -0.05) is 17.7 Å². The maximum absolute atomic E-state index is 11.8. The largest absolute Gasteiger partial charge is 0.497 e. The summed E-state index contributed by atoms with van der Waals surface area (Å²) in [6.07, 6.45) is -2.02. The summed E-state index contributed by atoms with van der Waals surface area (Å²) in [5, 5.41) is 0.496. The highest BCUT2D eigenvalue weighted by Gasteiger charge is 2.11. The van der Waals surface area contributed by atoms with Gasteiger partial charge in [0.15, 0.2) is 0 Å². The second-order valence-electron chi connectivity index (χ2n) is 3.75. The van der Waals surface area contributed by atoms with E-state index in [0.717, 1.165) is 5.56 Å². The molecule has 0 aliphatic heterocycles. The molecule has 18 heavy (non-hydrogen) atoms. The van der Waals surface area contributed by atoms with Crippen LogP contribution in [0.3, 0.4) is 0 Å². The average molecular weight is 280 g/mol. The highest BCUT2D eigenvalue weighted by Crippen LogP contribution is 2.27. The van der Waals surface area contributed by atoms with Crippen LogP contribution in [-0.2, 0) is 4.74 Å². The Labute approximate surface area is 110 Å². The maximum Gasteiger partial charge on any atom is 0.261 e. The molecule has 0 fully saturated rings. The minimum Gasteiger partial charge on any atom is -0.497 e. The lowest BCUT2D eigenvalue weighted by molar-refractivity contribution is 0.0152. The van der Waals surface area contributed by atoms with Crippen molar-refractivity contribution in [2.75, 3.05) is 20.3 Å². The number of rotatable bonds is 7. The fourth-order valence-electron chi connectivity index (χ4n) is 1.47. The summed E-state index contributed by atoms with van der Waals surface area (Å²) in [6.45, 7) is -0.392. The van der Waals surface area contributed by atoms with Crippen LogP contribution in [0, 0.1) is 0 Å². The molecule has 0 amide bonds. The molecule has 0 spiro atoms. The Balaban J connectivity index is 2.48. The predicted octanol–water partition coefficient (Wildman–Crippen LogP) is 3.02. The van der Waals surface area contributed by atoms with Crippen molar-refractivity contribution in [1.29, 1.82) is 0 Å². The van der Waals surface area contributed by atoms with E-state index >= 15 is 0 Å². The molecular formula is C12H16ClF2NO2. The predicted molar refractivity (Wildman–Crippen MR) is 66.4 cm³/mol. The number of benzene rings is 1. The lowest BCUT2D eigenvalue weighted by Gasteiger charge is -2.14. The van der Waals surface area contributed by atoms with Crippen LogP contribution in [0.25, 0.3) is 0 Å². The number of halogens is 3. The molecule has 2 N–H and O–H groups in total. The molecule has 0 saturated carbocycles. The van der Waals surface area contributed by atoms with Crippen LogP contribution in [0.15, 0.2) is 18.2 Å². The molecule has 3 nitrogen and oxygen atoms in total. The van der Waals surface area contributed by atoms with E-state index in [2.05, 4.69) is 0 Å². The van der Waals surface area contributed by atoms with E-state index in [-0.39, 0.29) is 12.6 Å². The molecule has 6 heteroatoms. The summed E-state index contributed by atoms with van der Waals surface area (Å²) in [5.74, 6) is 0.643. The molecule has 0 heterocycles. The summed E-state index contributed by atoms with van der Waals surface area (Å²) in [5.41, 5.74) is 6.66. The van der Waals surface area contributed by atoms with Crippen LogP contribution in [0.1, 0.15) is 18.0 Å². The SMILES string of the molecule is COc1ccc(C(N)CCOCC(F)F)c(Cl)c1. The van der Waals surface area contributed by atoms with Crippen molar-refractivity contribution >= 4 is 11.6 Å². The van der Waals surface area contributed by atoms with Crippen LogP contribution < -0.4 is 10.5 Å². The van der Waals surface area contributed by atoms with Crippen LogP contribution in [-0.4, -0.2) is 26.7 Å². The maximum atomic E-state index is 11.8. The molecule has 1 aromatic carbocycles.